The molecule has 30 heavy (non-hydrogen) atoms. The molecule has 1 fully saturated rings. The molecule has 6 nitrogen and oxygen atoms in total. The van der Waals surface area contributed by atoms with Crippen molar-refractivity contribution in [3.8, 4) is 11.4 Å². The minimum atomic E-state index is -0.0160. The standard InChI is InChI=1S/C22H22Cl2N4O2/c1-14-12-16(23)6-7-19(14)25-22(29)15-8-10-28(11-9-15)13-20-26-21(27-30-20)17-4-2-3-5-18(17)24/h2-7,12,15H,8-11,13H2,1H3,(H,25,29). The van der Waals surface area contributed by atoms with Gasteiger partial charge in [-0.15, -0.1) is 0 Å². The van der Waals surface area contributed by atoms with Crippen molar-refractivity contribution in [1.82, 2.24) is 15.0 Å². The summed E-state index contributed by atoms with van der Waals surface area (Å²) in [7, 11) is 0. The summed E-state index contributed by atoms with van der Waals surface area (Å²) < 4.78 is 5.40. The summed E-state index contributed by atoms with van der Waals surface area (Å²) in [5, 5.41) is 8.33. The van der Waals surface area contributed by atoms with Crippen molar-refractivity contribution in [2.24, 2.45) is 5.92 Å². The molecular weight excluding hydrogens is 423 g/mol. The first-order valence-corrected chi connectivity index (χ1v) is 10.6. The first-order chi connectivity index (χ1) is 14.5. The van der Waals surface area contributed by atoms with Crippen LogP contribution in [0.5, 0.6) is 0 Å². The number of nitrogens with one attached hydrogen (secondary N) is 1. The van der Waals surface area contributed by atoms with E-state index < -0.39 is 0 Å². The maximum atomic E-state index is 12.6. The highest BCUT2D eigenvalue weighted by molar-refractivity contribution is 6.33. The average molecular weight is 445 g/mol. The van der Waals surface area contributed by atoms with Crippen LogP contribution in [0.25, 0.3) is 11.4 Å². The van der Waals surface area contributed by atoms with Crippen LogP contribution in [0.3, 0.4) is 0 Å². The molecule has 156 valence electrons. The fourth-order valence-corrected chi connectivity index (χ4v) is 4.06. The third-order valence-corrected chi connectivity index (χ3v) is 5.91. The number of halogens is 2. The van der Waals surface area contributed by atoms with Gasteiger partial charge in [-0.25, -0.2) is 0 Å². The molecule has 0 unspecified atom stereocenters. The Kier molecular flexibility index (Phi) is 6.37. The second-order valence-corrected chi connectivity index (χ2v) is 8.33. The van der Waals surface area contributed by atoms with Gasteiger partial charge in [0.05, 0.1) is 11.6 Å². The van der Waals surface area contributed by atoms with Crippen LogP contribution < -0.4 is 5.32 Å². The number of rotatable bonds is 5. The van der Waals surface area contributed by atoms with Crippen LogP contribution in [-0.2, 0) is 11.3 Å². The van der Waals surface area contributed by atoms with E-state index in [1.807, 2.05) is 37.3 Å². The number of benzene rings is 2. The maximum absolute atomic E-state index is 12.6. The van der Waals surface area contributed by atoms with Crippen LogP contribution in [0.2, 0.25) is 10.0 Å². The molecule has 1 amide bonds. The second kappa shape index (κ2) is 9.16. The van der Waals surface area contributed by atoms with E-state index in [1.54, 1.807) is 12.1 Å². The molecule has 4 rings (SSSR count). The van der Waals surface area contributed by atoms with Gasteiger partial charge < -0.3 is 9.84 Å². The Morgan fingerprint density at radius 2 is 1.97 bits per heavy atom. The molecule has 0 bridgehead atoms. The third kappa shape index (κ3) is 4.83. The molecule has 8 heteroatoms. The van der Waals surface area contributed by atoms with Crippen LogP contribution in [-0.4, -0.2) is 34.0 Å². The zero-order chi connectivity index (χ0) is 21.1. The van der Waals surface area contributed by atoms with E-state index in [1.165, 1.54) is 0 Å². The van der Waals surface area contributed by atoms with Crippen molar-refractivity contribution in [3.05, 3.63) is 64.0 Å². The van der Waals surface area contributed by atoms with Gasteiger partial charge in [0.15, 0.2) is 0 Å². The van der Waals surface area contributed by atoms with Crippen LogP contribution in [0.15, 0.2) is 47.0 Å². The monoisotopic (exact) mass is 444 g/mol. The van der Waals surface area contributed by atoms with E-state index in [0.717, 1.165) is 42.7 Å². The number of piperidine rings is 1. The van der Waals surface area contributed by atoms with Crippen molar-refractivity contribution >= 4 is 34.8 Å². The number of likely N-dealkylation sites (tertiary alicyclic amines) is 1. The normalized spacial score (nSPS) is 15.3. The first kappa shape index (κ1) is 20.8. The van der Waals surface area contributed by atoms with E-state index in [-0.39, 0.29) is 11.8 Å². The molecule has 1 aromatic heterocycles. The zero-order valence-corrected chi connectivity index (χ0v) is 18.1. The van der Waals surface area contributed by atoms with Gasteiger partial charge >= 0.3 is 0 Å². The predicted octanol–water partition coefficient (Wildman–Crippen LogP) is 5.20. The average Bonchev–Trinajstić information content (AvgIpc) is 3.19. The molecule has 2 aromatic carbocycles. The van der Waals surface area contributed by atoms with Crippen LogP contribution in [0, 0.1) is 12.8 Å². The largest absolute Gasteiger partial charge is 0.338 e. The van der Waals surface area contributed by atoms with Crippen LogP contribution >= 0.6 is 23.2 Å². The summed E-state index contributed by atoms with van der Waals surface area (Å²) in [6.07, 6.45) is 1.56. The molecule has 2 heterocycles. The lowest BCUT2D eigenvalue weighted by Crippen LogP contribution is -2.37. The fourth-order valence-electron chi connectivity index (χ4n) is 3.62. The van der Waals surface area contributed by atoms with Gasteiger partial charge in [-0.05, 0) is 68.8 Å². The number of hydrogen-bond acceptors (Lipinski definition) is 5. The minimum Gasteiger partial charge on any atom is -0.338 e. The Balaban J connectivity index is 1.31. The molecule has 1 aliphatic heterocycles. The van der Waals surface area contributed by atoms with Crippen molar-refractivity contribution in [1.29, 1.82) is 0 Å². The molecule has 0 atom stereocenters. The predicted molar refractivity (Wildman–Crippen MR) is 118 cm³/mol. The Hall–Kier alpha value is -2.41. The Morgan fingerprint density at radius 3 is 2.70 bits per heavy atom. The number of carbonyl (C=O) groups excluding carboxylic acids is 1. The number of carbonyl (C=O) groups is 1. The van der Waals surface area contributed by atoms with Gasteiger partial charge in [0, 0.05) is 22.2 Å². The van der Waals surface area contributed by atoms with Gasteiger partial charge in [0.2, 0.25) is 17.6 Å². The van der Waals surface area contributed by atoms with E-state index in [2.05, 4.69) is 20.4 Å². The van der Waals surface area contributed by atoms with Gasteiger partial charge in [-0.2, -0.15) is 4.98 Å². The fraction of sp³-hybridized carbons (Fsp3) is 0.318. The zero-order valence-electron chi connectivity index (χ0n) is 16.6. The lowest BCUT2D eigenvalue weighted by molar-refractivity contribution is -0.121. The van der Waals surface area contributed by atoms with Crippen molar-refractivity contribution in [2.45, 2.75) is 26.3 Å². The van der Waals surface area contributed by atoms with E-state index >= 15 is 0 Å². The van der Waals surface area contributed by atoms with Gasteiger partial charge in [-0.1, -0.05) is 40.5 Å². The van der Waals surface area contributed by atoms with Crippen molar-refractivity contribution < 1.29 is 9.32 Å². The Morgan fingerprint density at radius 1 is 1.20 bits per heavy atom. The minimum absolute atomic E-state index is 0.0160. The number of aromatic nitrogens is 2. The van der Waals surface area contributed by atoms with Crippen molar-refractivity contribution in [3.63, 3.8) is 0 Å². The van der Waals surface area contributed by atoms with Crippen LogP contribution in [0.4, 0.5) is 5.69 Å². The number of anilines is 1. The number of hydrogen-bond donors (Lipinski definition) is 1. The highest BCUT2D eigenvalue weighted by Gasteiger charge is 2.26. The highest BCUT2D eigenvalue weighted by Crippen LogP contribution is 2.26. The van der Waals surface area contributed by atoms with Gasteiger partial charge in [-0.3, -0.25) is 9.69 Å². The topological polar surface area (TPSA) is 71.3 Å². The smallest absolute Gasteiger partial charge is 0.241 e. The molecule has 3 aromatic rings. The van der Waals surface area contributed by atoms with Gasteiger partial charge in [0.25, 0.3) is 0 Å². The number of aryl methyl sites for hydroxylation is 1. The molecule has 1 saturated heterocycles. The highest BCUT2D eigenvalue weighted by atomic mass is 35.5. The first-order valence-electron chi connectivity index (χ1n) is 9.86. The van der Waals surface area contributed by atoms with Crippen LogP contribution in [0.1, 0.15) is 24.3 Å². The molecule has 0 aliphatic carbocycles. The Labute approximate surface area is 185 Å². The summed E-state index contributed by atoms with van der Waals surface area (Å²) in [6.45, 7) is 4.08. The summed E-state index contributed by atoms with van der Waals surface area (Å²) in [4.78, 5) is 19.3. The van der Waals surface area contributed by atoms with Crippen molar-refractivity contribution in [2.75, 3.05) is 18.4 Å². The number of amides is 1. The van der Waals surface area contributed by atoms with E-state index in [4.69, 9.17) is 27.7 Å². The summed E-state index contributed by atoms with van der Waals surface area (Å²) in [5.74, 6) is 1.07. The molecule has 0 saturated carbocycles. The molecule has 1 aliphatic rings. The molecule has 1 N–H and O–H groups in total. The number of nitrogens with zero attached hydrogens (tertiary/aromatic N) is 3. The van der Waals surface area contributed by atoms with Gasteiger partial charge in [0.1, 0.15) is 0 Å². The summed E-state index contributed by atoms with van der Waals surface area (Å²) >= 11 is 12.2. The lowest BCUT2D eigenvalue weighted by atomic mass is 9.95. The SMILES string of the molecule is Cc1cc(Cl)ccc1NC(=O)C1CCN(Cc2nc(-c3ccccc3Cl)no2)CC1. The third-order valence-electron chi connectivity index (χ3n) is 5.35. The molecule has 0 radical (unpaired) electrons. The lowest BCUT2D eigenvalue weighted by Gasteiger charge is -2.30. The summed E-state index contributed by atoms with van der Waals surface area (Å²) in [6, 6.07) is 12.9. The van der Waals surface area contributed by atoms with E-state index in [9.17, 15) is 4.79 Å². The summed E-state index contributed by atoms with van der Waals surface area (Å²) in [5.41, 5.74) is 2.52. The second-order valence-electron chi connectivity index (χ2n) is 7.49. The molecular formula is C22H22Cl2N4O2. The molecule has 0 spiro atoms. The Bertz CT molecular complexity index is 1050. The maximum Gasteiger partial charge on any atom is 0.241 e. The quantitative estimate of drug-likeness (QED) is 0.585. The van der Waals surface area contributed by atoms with E-state index in [0.29, 0.717) is 28.3 Å².